The second-order valence-electron chi connectivity index (χ2n) is 5.84. The lowest BCUT2D eigenvalue weighted by atomic mass is 9.89. The van der Waals surface area contributed by atoms with Crippen LogP contribution in [-0.4, -0.2) is 12.6 Å². The van der Waals surface area contributed by atoms with Crippen LogP contribution in [0.5, 0.6) is 0 Å². The van der Waals surface area contributed by atoms with Crippen LogP contribution < -0.4 is 5.32 Å². The van der Waals surface area contributed by atoms with Gasteiger partial charge in [-0.3, -0.25) is 0 Å². The van der Waals surface area contributed by atoms with Crippen molar-refractivity contribution in [2.45, 2.75) is 57.9 Å². The van der Waals surface area contributed by atoms with E-state index in [1.165, 1.54) is 57.1 Å². The number of aryl methyl sites for hydroxylation is 1. The van der Waals surface area contributed by atoms with Crippen molar-refractivity contribution in [3.05, 3.63) is 35.9 Å². The highest BCUT2D eigenvalue weighted by Gasteiger charge is 2.13. The van der Waals surface area contributed by atoms with Crippen LogP contribution >= 0.6 is 0 Å². The van der Waals surface area contributed by atoms with Crippen molar-refractivity contribution in [2.75, 3.05) is 6.54 Å². The van der Waals surface area contributed by atoms with Gasteiger partial charge in [0.2, 0.25) is 0 Å². The highest BCUT2D eigenvalue weighted by molar-refractivity contribution is 5.14. The van der Waals surface area contributed by atoms with Crippen LogP contribution in [0.15, 0.2) is 30.3 Å². The molecule has 0 bridgehead atoms. The largest absolute Gasteiger partial charge is 0.314 e. The molecular weight excluding hydrogens is 218 g/mol. The quantitative estimate of drug-likeness (QED) is 0.793. The summed E-state index contributed by atoms with van der Waals surface area (Å²) in [4.78, 5) is 0. The standard InChI is InChI=1S/C17H27N/c1-15(12-13-16-8-4-2-5-9-16)18-14-17-10-6-3-7-11-17/h2,4-5,8-9,15,17-18H,3,6-7,10-14H2,1H3/t15-/m0/s1. The van der Waals surface area contributed by atoms with Gasteiger partial charge in [0, 0.05) is 6.04 Å². The van der Waals surface area contributed by atoms with E-state index in [1.807, 2.05) is 0 Å². The Balaban J connectivity index is 1.61. The minimum Gasteiger partial charge on any atom is -0.314 e. The molecule has 1 heteroatoms. The van der Waals surface area contributed by atoms with Crippen LogP contribution in [0, 0.1) is 5.92 Å². The first-order valence-electron chi connectivity index (χ1n) is 7.62. The summed E-state index contributed by atoms with van der Waals surface area (Å²) in [5.41, 5.74) is 1.46. The summed E-state index contributed by atoms with van der Waals surface area (Å²) in [5.74, 6) is 0.943. The first-order chi connectivity index (χ1) is 8.84. The average molecular weight is 245 g/mol. The van der Waals surface area contributed by atoms with E-state index >= 15 is 0 Å². The molecule has 0 aromatic heterocycles. The molecule has 1 aliphatic rings. The van der Waals surface area contributed by atoms with Crippen molar-refractivity contribution in [2.24, 2.45) is 5.92 Å². The van der Waals surface area contributed by atoms with Gasteiger partial charge in [-0.05, 0) is 50.6 Å². The van der Waals surface area contributed by atoms with Gasteiger partial charge in [-0.25, -0.2) is 0 Å². The van der Waals surface area contributed by atoms with Crippen molar-refractivity contribution >= 4 is 0 Å². The fourth-order valence-electron chi connectivity index (χ4n) is 2.89. The molecular formula is C17H27N. The third-order valence-corrected chi connectivity index (χ3v) is 4.19. The van der Waals surface area contributed by atoms with Gasteiger partial charge >= 0.3 is 0 Å². The fraction of sp³-hybridized carbons (Fsp3) is 0.647. The van der Waals surface area contributed by atoms with E-state index in [0.717, 1.165) is 5.92 Å². The molecule has 1 saturated carbocycles. The number of hydrogen-bond acceptors (Lipinski definition) is 1. The minimum absolute atomic E-state index is 0.645. The van der Waals surface area contributed by atoms with Crippen molar-refractivity contribution in [3.63, 3.8) is 0 Å². The lowest BCUT2D eigenvalue weighted by Crippen LogP contribution is -2.32. The minimum atomic E-state index is 0.645. The number of rotatable bonds is 6. The van der Waals surface area contributed by atoms with E-state index in [4.69, 9.17) is 0 Å². The Morgan fingerprint density at radius 2 is 1.83 bits per heavy atom. The Labute approximate surface area is 112 Å². The summed E-state index contributed by atoms with van der Waals surface area (Å²) in [6, 6.07) is 11.5. The van der Waals surface area contributed by atoms with Crippen molar-refractivity contribution in [1.82, 2.24) is 5.32 Å². The molecule has 1 atom stereocenters. The lowest BCUT2D eigenvalue weighted by molar-refractivity contribution is 0.327. The van der Waals surface area contributed by atoms with E-state index in [-0.39, 0.29) is 0 Å². The maximum Gasteiger partial charge on any atom is 0.00420 e. The molecule has 0 saturated heterocycles. The third-order valence-electron chi connectivity index (χ3n) is 4.19. The highest BCUT2D eigenvalue weighted by atomic mass is 14.9. The number of nitrogens with one attached hydrogen (secondary N) is 1. The average Bonchev–Trinajstić information content (AvgIpc) is 2.45. The van der Waals surface area contributed by atoms with E-state index in [2.05, 4.69) is 42.6 Å². The zero-order valence-corrected chi connectivity index (χ0v) is 11.7. The molecule has 2 rings (SSSR count). The van der Waals surface area contributed by atoms with Crippen LogP contribution in [0.2, 0.25) is 0 Å². The van der Waals surface area contributed by atoms with Gasteiger partial charge in [0.25, 0.3) is 0 Å². The van der Waals surface area contributed by atoms with Crippen LogP contribution in [-0.2, 0) is 6.42 Å². The normalized spacial score (nSPS) is 18.7. The summed E-state index contributed by atoms with van der Waals surface area (Å²) < 4.78 is 0. The molecule has 18 heavy (non-hydrogen) atoms. The van der Waals surface area contributed by atoms with E-state index in [9.17, 15) is 0 Å². The zero-order valence-electron chi connectivity index (χ0n) is 11.7. The Morgan fingerprint density at radius 3 is 2.56 bits per heavy atom. The maximum absolute atomic E-state index is 3.72. The molecule has 0 spiro atoms. The van der Waals surface area contributed by atoms with Crippen molar-refractivity contribution in [1.29, 1.82) is 0 Å². The second-order valence-corrected chi connectivity index (χ2v) is 5.84. The summed E-state index contributed by atoms with van der Waals surface area (Å²) in [6.07, 6.45) is 9.68. The topological polar surface area (TPSA) is 12.0 Å². The summed E-state index contributed by atoms with van der Waals surface area (Å²) in [6.45, 7) is 3.56. The Kier molecular flexibility index (Phi) is 5.73. The van der Waals surface area contributed by atoms with Crippen LogP contribution in [0.25, 0.3) is 0 Å². The van der Waals surface area contributed by atoms with Gasteiger partial charge in [0.1, 0.15) is 0 Å². The van der Waals surface area contributed by atoms with E-state index in [0.29, 0.717) is 6.04 Å². The molecule has 1 nitrogen and oxygen atoms in total. The molecule has 0 aliphatic heterocycles. The predicted molar refractivity (Wildman–Crippen MR) is 78.8 cm³/mol. The molecule has 1 N–H and O–H groups in total. The maximum atomic E-state index is 3.72. The van der Waals surface area contributed by atoms with Gasteiger partial charge in [0.15, 0.2) is 0 Å². The van der Waals surface area contributed by atoms with Crippen molar-refractivity contribution < 1.29 is 0 Å². The first kappa shape index (κ1) is 13.6. The van der Waals surface area contributed by atoms with Gasteiger partial charge in [-0.2, -0.15) is 0 Å². The molecule has 1 aromatic rings. The molecule has 1 aromatic carbocycles. The van der Waals surface area contributed by atoms with Gasteiger partial charge in [-0.15, -0.1) is 0 Å². The van der Waals surface area contributed by atoms with Gasteiger partial charge in [0.05, 0.1) is 0 Å². The molecule has 0 radical (unpaired) electrons. The molecule has 0 amide bonds. The first-order valence-corrected chi connectivity index (χ1v) is 7.62. The third kappa shape index (κ3) is 4.81. The molecule has 1 aliphatic carbocycles. The summed E-state index contributed by atoms with van der Waals surface area (Å²) >= 11 is 0. The SMILES string of the molecule is C[C@@H](CCc1ccccc1)NCC1CCCCC1. The van der Waals surface area contributed by atoms with E-state index < -0.39 is 0 Å². The molecule has 1 fully saturated rings. The van der Waals surface area contributed by atoms with Crippen molar-refractivity contribution in [3.8, 4) is 0 Å². The van der Waals surface area contributed by atoms with Crippen LogP contribution in [0.1, 0.15) is 51.0 Å². The van der Waals surface area contributed by atoms with Gasteiger partial charge in [-0.1, -0.05) is 49.6 Å². The predicted octanol–water partition coefficient (Wildman–Crippen LogP) is 4.18. The zero-order chi connectivity index (χ0) is 12.6. The Hall–Kier alpha value is -0.820. The highest BCUT2D eigenvalue weighted by Crippen LogP contribution is 2.22. The summed E-state index contributed by atoms with van der Waals surface area (Å²) in [7, 11) is 0. The lowest BCUT2D eigenvalue weighted by Gasteiger charge is -2.24. The second kappa shape index (κ2) is 7.58. The molecule has 0 unspecified atom stereocenters. The Morgan fingerprint density at radius 1 is 1.11 bits per heavy atom. The number of hydrogen-bond donors (Lipinski definition) is 1. The monoisotopic (exact) mass is 245 g/mol. The smallest absolute Gasteiger partial charge is 0.00420 e. The summed E-state index contributed by atoms with van der Waals surface area (Å²) in [5, 5.41) is 3.72. The molecule has 100 valence electrons. The fourth-order valence-corrected chi connectivity index (χ4v) is 2.89. The molecule has 0 heterocycles. The number of benzene rings is 1. The van der Waals surface area contributed by atoms with Crippen LogP contribution in [0.4, 0.5) is 0 Å². The Bertz CT molecular complexity index is 314. The van der Waals surface area contributed by atoms with E-state index in [1.54, 1.807) is 0 Å². The van der Waals surface area contributed by atoms with Crippen LogP contribution in [0.3, 0.4) is 0 Å². The van der Waals surface area contributed by atoms with Gasteiger partial charge < -0.3 is 5.32 Å².